The zero-order valence-electron chi connectivity index (χ0n) is 10.1. The van der Waals surface area contributed by atoms with Gasteiger partial charge < -0.3 is 4.98 Å². The van der Waals surface area contributed by atoms with Gasteiger partial charge in [0.1, 0.15) is 16.1 Å². The molecule has 1 N–H and O–H groups in total. The average molecular weight is 323 g/mol. The fraction of sp³-hybridized carbons (Fsp3) is 0.286. The van der Waals surface area contributed by atoms with Gasteiger partial charge in [0.15, 0.2) is 0 Å². The summed E-state index contributed by atoms with van der Waals surface area (Å²) in [5.74, 6) is 0.769. The molecule has 0 atom stereocenters. The molecule has 0 saturated heterocycles. The lowest BCUT2D eigenvalue weighted by molar-refractivity contribution is 0.627. The van der Waals surface area contributed by atoms with Crippen molar-refractivity contribution in [3.8, 4) is 0 Å². The average Bonchev–Trinajstić information content (AvgIpc) is 3.21. The van der Waals surface area contributed by atoms with Crippen LogP contribution in [0.5, 0.6) is 0 Å². The minimum Gasteiger partial charge on any atom is -0.309 e. The Hall–Kier alpha value is -1.49. The van der Waals surface area contributed by atoms with Crippen molar-refractivity contribution in [1.29, 1.82) is 0 Å². The molecule has 0 spiro atoms. The zero-order chi connectivity index (χ0) is 13.4. The smallest absolute Gasteiger partial charge is 0.265 e. The topological polar surface area (TPSA) is 45.8 Å². The Morgan fingerprint density at radius 3 is 2.63 bits per heavy atom. The summed E-state index contributed by atoms with van der Waals surface area (Å²) in [4.78, 5) is 19.1. The van der Waals surface area contributed by atoms with E-state index in [0.29, 0.717) is 22.6 Å². The fourth-order valence-electron chi connectivity index (χ4n) is 2.03. The molecule has 1 saturated carbocycles. The van der Waals surface area contributed by atoms with Crippen LogP contribution in [-0.2, 0) is 6.42 Å². The van der Waals surface area contributed by atoms with Gasteiger partial charge in [0, 0.05) is 12.3 Å². The molecule has 1 aromatic carbocycles. The van der Waals surface area contributed by atoms with Crippen LogP contribution in [0.4, 0.5) is 4.39 Å². The molecule has 1 aliphatic carbocycles. The van der Waals surface area contributed by atoms with Crippen molar-refractivity contribution < 1.29 is 4.39 Å². The quantitative estimate of drug-likeness (QED) is 0.943. The number of H-pyrrole nitrogens is 1. The van der Waals surface area contributed by atoms with Gasteiger partial charge in [-0.05, 0) is 46.5 Å². The van der Waals surface area contributed by atoms with E-state index in [1.165, 1.54) is 12.1 Å². The lowest BCUT2D eigenvalue weighted by Crippen LogP contribution is -2.15. The highest BCUT2D eigenvalue weighted by Gasteiger charge is 2.28. The fourth-order valence-corrected chi connectivity index (χ4v) is 2.54. The maximum absolute atomic E-state index is 12.8. The van der Waals surface area contributed by atoms with Crippen LogP contribution >= 0.6 is 15.9 Å². The van der Waals surface area contributed by atoms with Crippen molar-refractivity contribution in [2.24, 2.45) is 0 Å². The molecule has 3 rings (SSSR count). The van der Waals surface area contributed by atoms with Gasteiger partial charge in [-0.25, -0.2) is 9.37 Å². The molecular weight excluding hydrogens is 311 g/mol. The van der Waals surface area contributed by atoms with Gasteiger partial charge in [-0.3, -0.25) is 4.79 Å². The Bertz CT molecular complexity index is 662. The van der Waals surface area contributed by atoms with Gasteiger partial charge in [0.25, 0.3) is 5.56 Å². The van der Waals surface area contributed by atoms with E-state index in [9.17, 15) is 9.18 Å². The molecule has 3 nitrogen and oxygen atoms in total. The summed E-state index contributed by atoms with van der Waals surface area (Å²) in [5, 5.41) is 0. The highest BCUT2D eigenvalue weighted by molar-refractivity contribution is 9.10. The highest BCUT2D eigenvalue weighted by atomic mass is 79.9. The van der Waals surface area contributed by atoms with Crippen LogP contribution in [-0.4, -0.2) is 9.97 Å². The van der Waals surface area contributed by atoms with E-state index in [0.717, 1.165) is 24.1 Å². The first kappa shape index (κ1) is 12.5. The summed E-state index contributed by atoms with van der Waals surface area (Å²) in [6.45, 7) is 0. The predicted molar refractivity (Wildman–Crippen MR) is 73.7 cm³/mol. The maximum Gasteiger partial charge on any atom is 0.265 e. The number of hydrogen-bond acceptors (Lipinski definition) is 2. The number of rotatable bonds is 3. The standard InChI is InChI=1S/C14H12BrFN2O/c15-12-13(9-3-4-9)17-11(18-14(12)19)7-8-1-5-10(16)6-2-8/h1-2,5-6,9H,3-4,7H2,(H,17,18,19). The third-order valence-electron chi connectivity index (χ3n) is 3.19. The lowest BCUT2D eigenvalue weighted by atomic mass is 10.1. The molecule has 2 aromatic rings. The molecule has 0 bridgehead atoms. The summed E-state index contributed by atoms with van der Waals surface area (Å²) in [6, 6.07) is 6.23. The molecule has 0 aliphatic heterocycles. The predicted octanol–water partition coefficient (Wildman–Crippen LogP) is 3.14. The molecule has 1 aliphatic rings. The third kappa shape index (κ3) is 2.76. The Balaban J connectivity index is 1.92. The van der Waals surface area contributed by atoms with Crippen molar-refractivity contribution in [3.05, 3.63) is 62.0 Å². The Kier molecular flexibility index (Phi) is 3.22. The molecule has 1 fully saturated rings. The summed E-state index contributed by atoms with van der Waals surface area (Å²) in [6.07, 6.45) is 2.68. The second-order valence-corrected chi connectivity index (χ2v) is 5.58. The van der Waals surface area contributed by atoms with Crippen LogP contribution in [0, 0.1) is 5.82 Å². The lowest BCUT2D eigenvalue weighted by Gasteiger charge is -2.06. The third-order valence-corrected chi connectivity index (χ3v) is 3.95. The Morgan fingerprint density at radius 1 is 1.32 bits per heavy atom. The van der Waals surface area contributed by atoms with Crippen molar-refractivity contribution in [1.82, 2.24) is 9.97 Å². The van der Waals surface area contributed by atoms with Crippen LogP contribution in [0.3, 0.4) is 0 Å². The first-order chi connectivity index (χ1) is 9.13. The second kappa shape index (κ2) is 4.89. The highest BCUT2D eigenvalue weighted by Crippen LogP contribution is 2.41. The van der Waals surface area contributed by atoms with Crippen molar-refractivity contribution in [2.75, 3.05) is 0 Å². The van der Waals surface area contributed by atoms with Crippen LogP contribution in [0.2, 0.25) is 0 Å². The van der Waals surface area contributed by atoms with Crippen molar-refractivity contribution in [2.45, 2.75) is 25.2 Å². The normalized spacial score (nSPS) is 14.6. The van der Waals surface area contributed by atoms with Gasteiger partial charge in [-0.2, -0.15) is 0 Å². The summed E-state index contributed by atoms with van der Waals surface area (Å²) in [5.41, 5.74) is 1.63. The van der Waals surface area contributed by atoms with Crippen molar-refractivity contribution in [3.63, 3.8) is 0 Å². The van der Waals surface area contributed by atoms with E-state index in [-0.39, 0.29) is 11.4 Å². The number of nitrogens with one attached hydrogen (secondary N) is 1. The largest absolute Gasteiger partial charge is 0.309 e. The number of aromatic amines is 1. The summed E-state index contributed by atoms with van der Waals surface area (Å²) < 4.78 is 13.4. The van der Waals surface area contributed by atoms with Crippen LogP contribution in [0.1, 0.15) is 35.8 Å². The number of nitrogens with zero attached hydrogens (tertiary/aromatic N) is 1. The van der Waals surface area contributed by atoms with Crippen molar-refractivity contribution >= 4 is 15.9 Å². The molecule has 1 heterocycles. The molecule has 0 unspecified atom stereocenters. The first-order valence-corrected chi connectivity index (χ1v) is 6.96. The van der Waals surface area contributed by atoms with E-state index < -0.39 is 0 Å². The van der Waals surface area contributed by atoms with Crippen LogP contribution in [0.15, 0.2) is 33.5 Å². The van der Waals surface area contributed by atoms with E-state index in [1.807, 2.05) is 0 Å². The molecule has 0 amide bonds. The SMILES string of the molecule is O=c1[nH]c(Cc2ccc(F)cc2)nc(C2CC2)c1Br. The van der Waals surface area contributed by atoms with Gasteiger partial charge in [-0.1, -0.05) is 12.1 Å². The minimum atomic E-state index is -0.264. The van der Waals surface area contributed by atoms with Gasteiger partial charge in [0.05, 0.1) is 5.69 Å². The Morgan fingerprint density at radius 2 is 2.00 bits per heavy atom. The number of hydrogen-bond donors (Lipinski definition) is 1. The number of aromatic nitrogens is 2. The molecule has 1 aromatic heterocycles. The van der Waals surface area contributed by atoms with E-state index in [4.69, 9.17) is 0 Å². The molecule has 98 valence electrons. The molecular formula is C14H12BrFN2O. The van der Waals surface area contributed by atoms with Gasteiger partial charge >= 0.3 is 0 Å². The zero-order valence-corrected chi connectivity index (χ0v) is 11.7. The van der Waals surface area contributed by atoms with E-state index >= 15 is 0 Å². The van der Waals surface area contributed by atoms with Crippen LogP contribution in [0.25, 0.3) is 0 Å². The Labute approximate surface area is 118 Å². The second-order valence-electron chi connectivity index (χ2n) is 4.79. The van der Waals surface area contributed by atoms with Crippen LogP contribution < -0.4 is 5.56 Å². The molecule has 0 radical (unpaired) electrons. The van der Waals surface area contributed by atoms with E-state index in [2.05, 4.69) is 25.9 Å². The molecule has 19 heavy (non-hydrogen) atoms. The molecule has 5 heteroatoms. The summed E-state index contributed by atoms with van der Waals surface area (Å²) >= 11 is 3.29. The minimum absolute atomic E-state index is 0.144. The first-order valence-electron chi connectivity index (χ1n) is 6.16. The van der Waals surface area contributed by atoms with Gasteiger partial charge in [0.2, 0.25) is 0 Å². The van der Waals surface area contributed by atoms with E-state index in [1.54, 1.807) is 12.1 Å². The number of benzene rings is 1. The monoisotopic (exact) mass is 322 g/mol. The summed E-state index contributed by atoms with van der Waals surface area (Å²) in [7, 11) is 0. The van der Waals surface area contributed by atoms with Gasteiger partial charge in [-0.15, -0.1) is 0 Å². The number of halogens is 2. The maximum atomic E-state index is 12.8.